The molecular weight excluding hydrogens is 259 g/mol. The fraction of sp³-hybridized carbons (Fsp3) is 0.684. The molecule has 0 aliphatic heterocycles. The zero-order chi connectivity index (χ0) is 14.8. The Balaban J connectivity index is 2.78. The first-order valence-electron chi connectivity index (χ1n) is 8.53. The van der Waals surface area contributed by atoms with Gasteiger partial charge in [0.2, 0.25) is 0 Å². The van der Waals surface area contributed by atoms with Crippen LogP contribution in [0.3, 0.4) is 0 Å². The lowest BCUT2D eigenvalue weighted by Gasteiger charge is -2.15. The highest BCUT2D eigenvalue weighted by Crippen LogP contribution is 2.22. The normalized spacial score (nSPS) is 11.8. The predicted molar refractivity (Wildman–Crippen MR) is 95.9 cm³/mol. The Morgan fingerprint density at radius 1 is 1.00 bits per heavy atom. The zero-order valence-electron chi connectivity index (χ0n) is 14.0. The van der Waals surface area contributed by atoms with Crippen molar-refractivity contribution in [1.29, 1.82) is 0 Å². The third kappa shape index (κ3) is 6.40. The van der Waals surface area contributed by atoms with Crippen LogP contribution in [0.25, 0.3) is 0 Å². The minimum Gasteiger partial charge on any atom is -0.0901 e. The van der Waals surface area contributed by atoms with Gasteiger partial charge in [0.05, 0.1) is 0 Å². The molecule has 0 saturated carbocycles. The summed E-state index contributed by atoms with van der Waals surface area (Å²) in [6.07, 6.45) is 10.6. The SMILES string of the molecule is CCCCc1cccc(PCCC(C)C)c1CCCC. The molecule has 1 rings (SSSR count). The second-order valence-electron chi connectivity index (χ2n) is 6.26. The van der Waals surface area contributed by atoms with Crippen LogP contribution < -0.4 is 5.30 Å². The van der Waals surface area contributed by atoms with Gasteiger partial charge in [0, 0.05) is 0 Å². The Hall–Kier alpha value is -0.350. The predicted octanol–water partition coefficient (Wildman–Crippen LogP) is 5.72. The Bertz CT molecular complexity index is 368. The molecule has 0 bridgehead atoms. The van der Waals surface area contributed by atoms with Crippen LogP contribution in [0.15, 0.2) is 18.2 Å². The number of aryl methyl sites for hydroxylation is 1. The first kappa shape index (κ1) is 17.7. The Labute approximate surface area is 128 Å². The molecule has 1 heteroatoms. The molecule has 1 aromatic carbocycles. The van der Waals surface area contributed by atoms with Crippen molar-refractivity contribution in [3.63, 3.8) is 0 Å². The lowest BCUT2D eigenvalue weighted by Crippen LogP contribution is -2.10. The lowest BCUT2D eigenvalue weighted by atomic mass is 9.98. The van der Waals surface area contributed by atoms with Gasteiger partial charge in [-0.05, 0) is 60.6 Å². The van der Waals surface area contributed by atoms with Crippen LogP contribution in [0.2, 0.25) is 0 Å². The standard InChI is InChI=1S/C19H33P/c1-5-7-10-17-11-9-13-19(18(17)12-8-6-2)20-15-14-16(3)4/h9,11,13,16,20H,5-8,10,12,14-15H2,1-4H3. The molecule has 1 aromatic rings. The molecule has 0 nitrogen and oxygen atoms in total. The van der Waals surface area contributed by atoms with Crippen molar-refractivity contribution < 1.29 is 0 Å². The Kier molecular flexibility index (Phi) is 9.19. The van der Waals surface area contributed by atoms with Crippen molar-refractivity contribution >= 4 is 13.9 Å². The van der Waals surface area contributed by atoms with Crippen LogP contribution in [0, 0.1) is 5.92 Å². The van der Waals surface area contributed by atoms with Crippen LogP contribution in [0.4, 0.5) is 0 Å². The molecule has 0 radical (unpaired) electrons. The van der Waals surface area contributed by atoms with Gasteiger partial charge < -0.3 is 0 Å². The van der Waals surface area contributed by atoms with Crippen LogP contribution in [0.1, 0.15) is 70.9 Å². The van der Waals surface area contributed by atoms with E-state index in [9.17, 15) is 0 Å². The van der Waals surface area contributed by atoms with Gasteiger partial charge in [0.25, 0.3) is 0 Å². The summed E-state index contributed by atoms with van der Waals surface area (Å²) in [5.41, 5.74) is 3.33. The molecule has 114 valence electrons. The minimum atomic E-state index is 0.838. The van der Waals surface area contributed by atoms with Crippen molar-refractivity contribution in [2.75, 3.05) is 6.16 Å². The van der Waals surface area contributed by atoms with Crippen molar-refractivity contribution in [3.05, 3.63) is 29.3 Å². The molecule has 1 unspecified atom stereocenters. The average molecular weight is 292 g/mol. The summed E-state index contributed by atoms with van der Waals surface area (Å²) < 4.78 is 0. The van der Waals surface area contributed by atoms with Crippen molar-refractivity contribution in [2.24, 2.45) is 5.92 Å². The third-order valence-electron chi connectivity index (χ3n) is 3.89. The first-order chi connectivity index (χ1) is 9.69. The van der Waals surface area contributed by atoms with Gasteiger partial charge in [-0.1, -0.05) is 67.3 Å². The maximum Gasteiger partial charge on any atom is -0.0237 e. The fourth-order valence-electron chi connectivity index (χ4n) is 2.55. The lowest BCUT2D eigenvalue weighted by molar-refractivity contribution is 0.631. The third-order valence-corrected chi connectivity index (χ3v) is 5.28. The number of benzene rings is 1. The summed E-state index contributed by atoms with van der Waals surface area (Å²) in [6, 6.07) is 7.05. The maximum atomic E-state index is 2.39. The topological polar surface area (TPSA) is 0 Å². The largest absolute Gasteiger partial charge is 0.0901 e. The number of hydrogen-bond acceptors (Lipinski definition) is 0. The van der Waals surface area contributed by atoms with E-state index in [2.05, 4.69) is 45.9 Å². The van der Waals surface area contributed by atoms with E-state index in [0.717, 1.165) is 14.5 Å². The number of hydrogen-bond donors (Lipinski definition) is 0. The summed E-state index contributed by atoms with van der Waals surface area (Å²) in [5, 5.41) is 1.66. The molecule has 0 aromatic heterocycles. The van der Waals surface area contributed by atoms with Gasteiger partial charge in [0.1, 0.15) is 0 Å². The van der Waals surface area contributed by atoms with E-state index in [1.165, 1.54) is 51.1 Å². The van der Waals surface area contributed by atoms with Gasteiger partial charge >= 0.3 is 0 Å². The van der Waals surface area contributed by atoms with Gasteiger partial charge in [-0.25, -0.2) is 0 Å². The highest BCUT2D eigenvalue weighted by molar-refractivity contribution is 7.47. The Morgan fingerprint density at radius 3 is 2.35 bits per heavy atom. The highest BCUT2D eigenvalue weighted by Gasteiger charge is 2.08. The van der Waals surface area contributed by atoms with Crippen LogP contribution in [-0.2, 0) is 12.8 Å². The molecular formula is C19H33P. The van der Waals surface area contributed by atoms with Crippen LogP contribution in [0.5, 0.6) is 0 Å². The smallest absolute Gasteiger partial charge is 0.0237 e. The minimum absolute atomic E-state index is 0.838. The van der Waals surface area contributed by atoms with Gasteiger partial charge in [0.15, 0.2) is 0 Å². The van der Waals surface area contributed by atoms with E-state index in [1.54, 1.807) is 16.4 Å². The molecule has 0 spiro atoms. The quantitative estimate of drug-likeness (QED) is 0.484. The van der Waals surface area contributed by atoms with E-state index in [-0.39, 0.29) is 0 Å². The molecule has 0 fully saturated rings. The number of unbranched alkanes of at least 4 members (excludes halogenated alkanes) is 2. The molecule has 0 N–H and O–H groups in total. The van der Waals surface area contributed by atoms with Crippen molar-refractivity contribution in [2.45, 2.75) is 72.6 Å². The highest BCUT2D eigenvalue weighted by atomic mass is 31.1. The van der Waals surface area contributed by atoms with Gasteiger partial charge in [-0.15, -0.1) is 0 Å². The average Bonchev–Trinajstić information content (AvgIpc) is 2.43. The van der Waals surface area contributed by atoms with Crippen molar-refractivity contribution in [1.82, 2.24) is 0 Å². The van der Waals surface area contributed by atoms with Crippen LogP contribution in [-0.4, -0.2) is 6.16 Å². The number of rotatable bonds is 10. The maximum absolute atomic E-state index is 2.39. The van der Waals surface area contributed by atoms with Crippen molar-refractivity contribution in [3.8, 4) is 0 Å². The molecule has 0 saturated heterocycles. The second-order valence-corrected chi connectivity index (χ2v) is 7.65. The monoisotopic (exact) mass is 292 g/mol. The summed E-state index contributed by atoms with van der Waals surface area (Å²) in [4.78, 5) is 0. The van der Waals surface area contributed by atoms with E-state index in [0.29, 0.717) is 0 Å². The van der Waals surface area contributed by atoms with E-state index >= 15 is 0 Å². The second kappa shape index (κ2) is 10.4. The molecule has 0 aliphatic rings. The Morgan fingerprint density at radius 2 is 1.70 bits per heavy atom. The van der Waals surface area contributed by atoms with Gasteiger partial charge in [-0.2, -0.15) is 0 Å². The summed E-state index contributed by atoms with van der Waals surface area (Å²) >= 11 is 0. The fourth-order valence-corrected chi connectivity index (χ4v) is 4.25. The van der Waals surface area contributed by atoms with E-state index in [1.807, 2.05) is 0 Å². The molecule has 0 aliphatic carbocycles. The molecule has 20 heavy (non-hydrogen) atoms. The zero-order valence-corrected chi connectivity index (χ0v) is 15.0. The molecule has 0 heterocycles. The van der Waals surface area contributed by atoms with Crippen LogP contribution >= 0.6 is 8.58 Å². The van der Waals surface area contributed by atoms with E-state index < -0.39 is 0 Å². The first-order valence-corrected chi connectivity index (χ1v) is 9.74. The molecule has 0 amide bonds. The summed E-state index contributed by atoms with van der Waals surface area (Å²) in [5.74, 6) is 0.838. The van der Waals surface area contributed by atoms with Gasteiger partial charge in [-0.3, -0.25) is 0 Å². The van der Waals surface area contributed by atoms with E-state index in [4.69, 9.17) is 0 Å². The summed E-state index contributed by atoms with van der Waals surface area (Å²) in [7, 11) is 1.01. The summed E-state index contributed by atoms with van der Waals surface area (Å²) in [6.45, 7) is 9.26. The molecule has 1 atom stereocenters.